The molecule has 18 heavy (non-hydrogen) atoms. The van der Waals surface area contributed by atoms with Gasteiger partial charge in [0.2, 0.25) is 0 Å². The van der Waals surface area contributed by atoms with E-state index in [-0.39, 0.29) is 5.97 Å². The number of ether oxygens (including phenoxy) is 1. The minimum absolute atomic E-state index is 0.371. The Morgan fingerprint density at radius 1 is 1.22 bits per heavy atom. The van der Waals surface area contributed by atoms with E-state index in [1.54, 1.807) is 6.08 Å². The van der Waals surface area contributed by atoms with Gasteiger partial charge in [0.05, 0.1) is 11.8 Å². The summed E-state index contributed by atoms with van der Waals surface area (Å²) in [4.78, 5) is 11.8. The summed E-state index contributed by atoms with van der Waals surface area (Å²) in [7, 11) is 0. The highest BCUT2D eigenvalue weighted by Crippen LogP contribution is 2.10. The molecule has 1 rings (SSSR count). The third-order valence-electron chi connectivity index (χ3n) is 2.60. The van der Waals surface area contributed by atoms with Crippen LogP contribution >= 0.6 is 0 Å². The fourth-order valence-electron chi connectivity index (χ4n) is 1.53. The third kappa shape index (κ3) is 4.09. The van der Waals surface area contributed by atoms with E-state index in [0.29, 0.717) is 24.1 Å². The average Bonchev–Trinajstić information content (AvgIpc) is 2.40. The Morgan fingerprint density at radius 3 is 2.44 bits per heavy atom. The second-order valence-corrected chi connectivity index (χ2v) is 3.83. The summed E-state index contributed by atoms with van der Waals surface area (Å²) in [6.07, 6.45) is 4.38. The van der Waals surface area contributed by atoms with Crippen LogP contribution < -0.4 is 5.73 Å². The van der Waals surface area contributed by atoms with Gasteiger partial charge in [-0.15, -0.1) is 0 Å². The molecule has 0 atom stereocenters. The molecule has 0 aliphatic rings. The van der Waals surface area contributed by atoms with E-state index >= 15 is 0 Å². The molecule has 2 N–H and O–H groups in total. The van der Waals surface area contributed by atoms with Gasteiger partial charge >= 0.3 is 5.97 Å². The lowest BCUT2D eigenvalue weighted by Gasteiger charge is -2.06. The monoisotopic (exact) mass is 245 g/mol. The number of carbonyl (C=O) groups is 1. The highest BCUT2D eigenvalue weighted by molar-refractivity contribution is 5.89. The normalized spacial score (nSPS) is 12.3. The second-order valence-electron chi connectivity index (χ2n) is 3.83. The maximum atomic E-state index is 11.8. The van der Waals surface area contributed by atoms with Crippen molar-refractivity contribution in [1.82, 2.24) is 0 Å². The minimum Gasteiger partial charge on any atom is -0.431 e. The van der Waals surface area contributed by atoms with E-state index in [4.69, 9.17) is 10.5 Å². The summed E-state index contributed by atoms with van der Waals surface area (Å²) >= 11 is 0. The number of hydrogen-bond acceptors (Lipinski definition) is 3. The Kier molecular flexibility index (Phi) is 5.71. The first-order valence-electron chi connectivity index (χ1n) is 6.09. The fourth-order valence-corrected chi connectivity index (χ4v) is 1.53. The van der Waals surface area contributed by atoms with Gasteiger partial charge in [0.1, 0.15) is 0 Å². The molecule has 0 aliphatic heterocycles. The zero-order valence-electron chi connectivity index (χ0n) is 10.8. The predicted octanol–water partition coefficient (Wildman–Crippen LogP) is 3.23. The highest BCUT2D eigenvalue weighted by Gasteiger charge is 2.11. The summed E-state index contributed by atoms with van der Waals surface area (Å²) in [5, 5.41) is 0. The van der Waals surface area contributed by atoms with E-state index in [2.05, 4.69) is 0 Å². The Labute approximate surface area is 108 Å². The molecule has 0 heterocycles. The van der Waals surface area contributed by atoms with Crippen LogP contribution in [0.4, 0.5) is 0 Å². The molecule has 0 saturated carbocycles. The van der Waals surface area contributed by atoms with Gasteiger partial charge in [0.15, 0.2) is 0 Å². The molecular formula is C15H19NO2. The van der Waals surface area contributed by atoms with Crippen molar-refractivity contribution in [2.45, 2.75) is 26.7 Å². The van der Waals surface area contributed by atoms with Gasteiger partial charge in [-0.05, 0) is 24.5 Å². The molecule has 3 heteroatoms. The van der Waals surface area contributed by atoms with Crippen molar-refractivity contribution in [1.29, 1.82) is 0 Å². The predicted molar refractivity (Wildman–Crippen MR) is 73.4 cm³/mol. The number of hydrogen-bond donors (Lipinski definition) is 1. The smallest absolute Gasteiger partial charge is 0.340 e. The van der Waals surface area contributed by atoms with E-state index in [9.17, 15) is 4.79 Å². The topological polar surface area (TPSA) is 52.3 Å². The molecule has 96 valence electrons. The Hall–Kier alpha value is -2.03. The first-order valence-corrected chi connectivity index (χ1v) is 6.09. The van der Waals surface area contributed by atoms with Gasteiger partial charge in [0, 0.05) is 5.70 Å². The van der Waals surface area contributed by atoms with Crippen molar-refractivity contribution in [3.8, 4) is 0 Å². The summed E-state index contributed by atoms with van der Waals surface area (Å²) in [5.74, 6) is -0.371. The number of carbonyl (C=O) groups excluding carboxylic acids is 1. The van der Waals surface area contributed by atoms with Gasteiger partial charge in [-0.2, -0.15) is 0 Å². The van der Waals surface area contributed by atoms with Crippen molar-refractivity contribution in [2.75, 3.05) is 0 Å². The van der Waals surface area contributed by atoms with Crippen LogP contribution in [0.25, 0.3) is 6.08 Å². The standard InChI is InChI=1S/C15H19NO2/c1-3-13(14(16)4-2)15(17)18-11-10-12-8-6-5-7-9-12/h5-11H,3-4,16H2,1-2H3. The van der Waals surface area contributed by atoms with Gasteiger partial charge in [-0.25, -0.2) is 4.79 Å². The summed E-state index contributed by atoms with van der Waals surface area (Å²) in [6.45, 7) is 3.80. The molecule has 0 fully saturated rings. The molecule has 0 bridgehead atoms. The zero-order valence-corrected chi connectivity index (χ0v) is 10.8. The molecule has 0 aromatic heterocycles. The third-order valence-corrected chi connectivity index (χ3v) is 2.60. The molecule has 3 nitrogen and oxygen atoms in total. The first kappa shape index (κ1) is 14.0. The average molecular weight is 245 g/mol. The molecule has 0 radical (unpaired) electrons. The van der Waals surface area contributed by atoms with Crippen LogP contribution in [0.1, 0.15) is 32.3 Å². The summed E-state index contributed by atoms with van der Waals surface area (Å²) in [6, 6.07) is 9.65. The fraction of sp³-hybridized carbons (Fsp3) is 0.267. The summed E-state index contributed by atoms with van der Waals surface area (Å²) < 4.78 is 5.06. The molecule has 0 amide bonds. The van der Waals surface area contributed by atoms with Crippen molar-refractivity contribution < 1.29 is 9.53 Å². The molecule has 1 aromatic carbocycles. The lowest BCUT2D eigenvalue weighted by Crippen LogP contribution is -2.11. The minimum atomic E-state index is -0.371. The van der Waals surface area contributed by atoms with Crippen LogP contribution in [0.2, 0.25) is 0 Å². The number of esters is 1. The Morgan fingerprint density at radius 2 is 1.89 bits per heavy atom. The van der Waals surface area contributed by atoms with Crippen LogP contribution in [-0.2, 0) is 9.53 Å². The van der Waals surface area contributed by atoms with Crippen LogP contribution in [0.15, 0.2) is 47.9 Å². The number of allylic oxidation sites excluding steroid dienone is 1. The number of rotatable bonds is 5. The SMILES string of the molecule is CCC(N)=C(CC)C(=O)OC=Cc1ccccc1. The van der Waals surface area contributed by atoms with Crippen molar-refractivity contribution >= 4 is 12.0 Å². The van der Waals surface area contributed by atoms with Crippen LogP contribution in [0, 0.1) is 0 Å². The van der Waals surface area contributed by atoms with Gasteiger partial charge in [-0.1, -0.05) is 44.2 Å². The molecule has 0 unspecified atom stereocenters. The molecule has 0 saturated heterocycles. The van der Waals surface area contributed by atoms with Crippen LogP contribution in [-0.4, -0.2) is 5.97 Å². The van der Waals surface area contributed by atoms with E-state index in [0.717, 1.165) is 5.56 Å². The summed E-state index contributed by atoms with van der Waals surface area (Å²) in [5.41, 5.74) is 7.89. The number of benzene rings is 1. The lowest BCUT2D eigenvalue weighted by atomic mass is 10.1. The van der Waals surface area contributed by atoms with E-state index < -0.39 is 0 Å². The molecule has 0 aliphatic carbocycles. The van der Waals surface area contributed by atoms with Crippen LogP contribution in [0.3, 0.4) is 0 Å². The van der Waals surface area contributed by atoms with Crippen molar-refractivity contribution in [3.05, 3.63) is 53.4 Å². The maximum Gasteiger partial charge on any atom is 0.340 e. The number of nitrogens with two attached hydrogens (primary N) is 1. The second kappa shape index (κ2) is 7.33. The van der Waals surface area contributed by atoms with Crippen LogP contribution in [0.5, 0.6) is 0 Å². The van der Waals surface area contributed by atoms with E-state index in [1.165, 1.54) is 6.26 Å². The Balaban J connectivity index is 2.64. The quantitative estimate of drug-likeness (QED) is 0.492. The van der Waals surface area contributed by atoms with Crippen molar-refractivity contribution in [3.63, 3.8) is 0 Å². The molecule has 0 spiro atoms. The maximum absolute atomic E-state index is 11.8. The van der Waals surface area contributed by atoms with Crippen molar-refractivity contribution in [2.24, 2.45) is 5.73 Å². The lowest BCUT2D eigenvalue weighted by molar-refractivity contribution is -0.133. The van der Waals surface area contributed by atoms with Gasteiger partial charge in [0.25, 0.3) is 0 Å². The molecule has 1 aromatic rings. The van der Waals surface area contributed by atoms with E-state index in [1.807, 2.05) is 44.2 Å². The van der Waals surface area contributed by atoms with Gasteiger partial charge in [-0.3, -0.25) is 0 Å². The largest absolute Gasteiger partial charge is 0.431 e. The first-order chi connectivity index (χ1) is 8.69. The molecular weight excluding hydrogens is 226 g/mol. The zero-order chi connectivity index (χ0) is 13.4. The highest BCUT2D eigenvalue weighted by atomic mass is 16.5. The van der Waals surface area contributed by atoms with Gasteiger partial charge < -0.3 is 10.5 Å². The Bertz CT molecular complexity index is 447.